The predicted octanol–water partition coefficient (Wildman–Crippen LogP) is 2.96. The summed E-state index contributed by atoms with van der Waals surface area (Å²) in [6, 6.07) is 4.07. The van der Waals surface area contributed by atoms with E-state index in [1.54, 1.807) is 16.0 Å². The lowest BCUT2D eigenvalue weighted by atomic mass is 9.89. The van der Waals surface area contributed by atoms with Crippen molar-refractivity contribution in [1.29, 1.82) is 0 Å². The Morgan fingerprint density at radius 1 is 1.46 bits per heavy atom. The molecule has 8 heteroatoms. The van der Waals surface area contributed by atoms with Gasteiger partial charge in [0.2, 0.25) is 11.1 Å². The molecule has 2 aromatic heterocycles. The van der Waals surface area contributed by atoms with Gasteiger partial charge in [0, 0.05) is 11.4 Å². The summed E-state index contributed by atoms with van der Waals surface area (Å²) in [4.78, 5) is 13.5. The van der Waals surface area contributed by atoms with Gasteiger partial charge in [-0.1, -0.05) is 37.1 Å². The van der Waals surface area contributed by atoms with E-state index in [0.29, 0.717) is 17.6 Å². The van der Waals surface area contributed by atoms with E-state index in [1.165, 1.54) is 48.7 Å². The Kier molecular flexibility index (Phi) is 6.25. The third kappa shape index (κ3) is 4.80. The highest BCUT2D eigenvalue weighted by Crippen LogP contribution is 2.24. The lowest BCUT2D eigenvalue weighted by Crippen LogP contribution is -2.35. The zero-order valence-electron chi connectivity index (χ0n) is 13.9. The molecule has 0 spiro atoms. The molecule has 0 aromatic carbocycles. The van der Waals surface area contributed by atoms with E-state index in [1.807, 2.05) is 18.4 Å². The topological polar surface area (TPSA) is 72.7 Å². The molecule has 2 aromatic rings. The number of carbonyl (C=O) groups excluding carboxylic acids is 1. The summed E-state index contributed by atoms with van der Waals surface area (Å²) in [6.07, 6.45) is 6.40. The van der Waals surface area contributed by atoms with Gasteiger partial charge in [-0.2, -0.15) is 0 Å². The van der Waals surface area contributed by atoms with E-state index < -0.39 is 0 Å². The number of hydrogen-bond donors (Lipinski definition) is 1. The van der Waals surface area contributed by atoms with Gasteiger partial charge in [-0.15, -0.1) is 16.4 Å². The second kappa shape index (κ2) is 8.62. The average molecular weight is 366 g/mol. The van der Waals surface area contributed by atoms with E-state index in [9.17, 15) is 4.79 Å². The van der Waals surface area contributed by atoms with Crippen LogP contribution in [0.15, 0.2) is 22.7 Å². The van der Waals surface area contributed by atoms with E-state index in [-0.39, 0.29) is 11.2 Å². The monoisotopic (exact) mass is 365 g/mol. The van der Waals surface area contributed by atoms with E-state index in [2.05, 4.69) is 26.9 Å². The highest BCUT2D eigenvalue weighted by molar-refractivity contribution is 8.00. The van der Waals surface area contributed by atoms with Gasteiger partial charge in [0.25, 0.3) is 0 Å². The molecule has 130 valence electrons. The van der Waals surface area contributed by atoms with Crippen LogP contribution < -0.4 is 5.32 Å². The van der Waals surface area contributed by atoms with Crippen molar-refractivity contribution in [2.45, 2.75) is 56.0 Å². The molecule has 1 aliphatic carbocycles. The Morgan fingerprint density at radius 3 is 3.04 bits per heavy atom. The van der Waals surface area contributed by atoms with Crippen LogP contribution in [-0.4, -0.2) is 37.9 Å². The second-order valence-corrected chi connectivity index (χ2v) is 8.55. The van der Waals surface area contributed by atoms with Crippen molar-refractivity contribution >= 4 is 29.0 Å². The van der Waals surface area contributed by atoms with Crippen LogP contribution in [0, 0.1) is 5.92 Å². The summed E-state index contributed by atoms with van der Waals surface area (Å²) in [5, 5.41) is 17.4. The van der Waals surface area contributed by atoms with E-state index in [0.717, 1.165) is 6.54 Å². The third-order valence-electron chi connectivity index (χ3n) is 4.33. The quantitative estimate of drug-likeness (QED) is 0.764. The number of amides is 1. The Hall–Kier alpha value is -1.41. The maximum absolute atomic E-state index is 12.3. The Labute approximate surface area is 150 Å². The third-order valence-corrected chi connectivity index (χ3v) is 6.26. The first kappa shape index (κ1) is 17.4. The van der Waals surface area contributed by atoms with Crippen LogP contribution in [0.25, 0.3) is 0 Å². The van der Waals surface area contributed by atoms with Crippen LogP contribution in [-0.2, 0) is 11.3 Å². The van der Waals surface area contributed by atoms with Crippen molar-refractivity contribution in [3.63, 3.8) is 0 Å². The van der Waals surface area contributed by atoms with Crippen molar-refractivity contribution in [3.05, 3.63) is 22.4 Å². The standard InChI is InChI=1S/C16H23N5OS2/c1-12(15(22)17-10-13-6-3-2-4-7-13)24-16-18-19-20-21(16)11-14-8-5-9-23-14/h5,8-9,12-13H,2-4,6-7,10-11H2,1H3,(H,17,22). The Bertz CT molecular complexity index is 637. The van der Waals surface area contributed by atoms with Crippen LogP contribution in [0.5, 0.6) is 0 Å². The van der Waals surface area contributed by atoms with Crippen LogP contribution in [0.4, 0.5) is 0 Å². The summed E-state index contributed by atoms with van der Waals surface area (Å²) in [5.41, 5.74) is 0. The van der Waals surface area contributed by atoms with Crippen molar-refractivity contribution in [2.24, 2.45) is 5.92 Å². The lowest BCUT2D eigenvalue weighted by Gasteiger charge is -2.22. The maximum Gasteiger partial charge on any atom is 0.233 e. The van der Waals surface area contributed by atoms with Gasteiger partial charge in [0.05, 0.1) is 11.8 Å². The van der Waals surface area contributed by atoms with E-state index >= 15 is 0 Å². The molecule has 24 heavy (non-hydrogen) atoms. The molecule has 2 heterocycles. The van der Waals surface area contributed by atoms with Gasteiger partial charge < -0.3 is 5.32 Å². The Balaban J connectivity index is 1.49. The number of aromatic nitrogens is 4. The summed E-state index contributed by atoms with van der Waals surface area (Å²) < 4.78 is 1.75. The number of rotatable bonds is 7. The van der Waals surface area contributed by atoms with E-state index in [4.69, 9.17) is 0 Å². The number of thiophene rings is 1. The minimum Gasteiger partial charge on any atom is -0.355 e. The predicted molar refractivity (Wildman–Crippen MR) is 96.1 cm³/mol. The fourth-order valence-electron chi connectivity index (χ4n) is 2.92. The Morgan fingerprint density at radius 2 is 2.29 bits per heavy atom. The van der Waals surface area contributed by atoms with Gasteiger partial charge in [0.1, 0.15) is 0 Å². The fourth-order valence-corrected chi connectivity index (χ4v) is 4.42. The molecular formula is C16H23N5OS2. The molecule has 1 fully saturated rings. The van der Waals surface area contributed by atoms with Crippen LogP contribution in [0.3, 0.4) is 0 Å². The molecule has 0 radical (unpaired) electrons. The first-order chi connectivity index (χ1) is 11.7. The highest BCUT2D eigenvalue weighted by Gasteiger charge is 2.20. The molecule has 1 aliphatic rings. The molecule has 1 N–H and O–H groups in total. The van der Waals surface area contributed by atoms with Crippen molar-refractivity contribution in [2.75, 3.05) is 6.54 Å². The summed E-state index contributed by atoms with van der Waals surface area (Å²) in [7, 11) is 0. The highest BCUT2D eigenvalue weighted by atomic mass is 32.2. The number of tetrazole rings is 1. The number of thioether (sulfide) groups is 1. The largest absolute Gasteiger partial charge is 0.355 e. The molecular weight excluding hydrogens is 342 g/mol. The normalized spacial score (nSPS) is 16.9. The molecule has 1 atom stereocenters. The number of hydrogen-bond acceptors (Lipinski definition) is 6. The van der Waals surface area contributed by atoms with Gasteiger partial charge in [0.15, 0.2) is 0 Å². The fraction of sp³-hybridized carbons (Fsp3) is 0.625. The second-order valence-electron chi connectivity index (χ2n) is 6.21. The average Bonchev–Trinajstić information content (AvgIpc) is 3.26. The minimum absolute atomic E-state index is 0.0660. The molecule has 0 bridgehead atoms. The first-order valence-corrected chi connectivity index (χ1v) is 10.2. The van der Waals surface area contributed by atoms with Gasteiger partial charge >= 0.3 is 0 Å². The molecule has 1 amide bonds. The van der Waals surface area contributed by atoms with Crippen LogP contribution >= 0.6 is 23.1 Å². The minimum atomic E-state index is -0.207. The summed E-state index contributed by atoms with van der Waals surface area (Å²) >= 11 is 3.09. The lowest BCUT2D eigenvalue weighted by molar-refractivity contribution is -0.120. The van der Waals surface area contributed by atoms with Gasteiger partial charge in [-0.25, -0.2) is 4.68 Å². The zero-order chi connectivity index (χ0) is 16.8. The number of nitrogens with zero attached hydrogens (tertiary/aromatic N) is 4. The summed E-state index contributed by atoms with van der Waals surface area (Å²) in [5.74, 6) is 0.709. The molecule has 1 unspecified atom stereocenters. The number of carbonyl (C=O) groups is 1. The van der Waals surface area contributed by atoms with Crippen LogP contribution in [0.1, 0.15) is 43.9 Å². The first-order valence-electron chi connectivity index (χ1n) is 8.45. The summed E-state index contributed by atoms with van der Waals surface area (Å²) in [6.45, 7) is 3.35. The van der Waals surface area contributed by atoms with Crippen molar-refractivity contribution in [1.82, 2.24) is 25.5 Å². The van der Waals surface area contributed by atoms with Gasteiger partial charge in [-0.05, 0) is 47.6 Å². The molecule has 0 aliphatic heterocycles. The molecule has 0 saturated heterocycles. The SMILES string of the molecule is CC(Sc1nnnn1Cc1cccs1)C(=O)NCC1CCCCC1. The van der Waals surface area contributed by atoms with Crippen LogP contribution in [0.2, 0.25) is 0 Å². The molecule has 1 saturated carbocycles. The molecule has 3 rings (SSSR count). The zero-order valence-corrected chi connectivity index (χ0v) is 15.5. The smallest absolute Gasteiger partial charge is 0.233 e. The maximum atomic E-state index is 12.3. The van der Waals surface area contributed by atoms with Crippen molar-refractivity contribution in [3.8, 4) is 0 Å². The number of nitrogens with one attached hydrogen (secondary N) is 1. The van der Waals surface area contributed by atoms with Crippen molar-refractivity contribution < 1.29 is 4.79 Å². The molecule has 6 nitrogen and oxygen atoms in total. The van der Waals surface area contributed by atoms with Gasteiger partial charge in [-0.3, -0.25) is 4.79 Å².